The molecule has 3 atom stereocenters. The van der Waals surface area contributed by atoms with Gasteiger partial charge in [0.2, 0.25) is 11.8 Å². The largest absolute Gasteiger partial charge is 0.493 e. The summed E-state index contributed by atoms with van der Waals surface area (Å²) in [6, 6.07) is 28.8. The van der Waals surface area contributed by atoms with Crippen LogP contribution in [0, 0.1) is 0 Å². The average Bonchev–Trinajstić information content (AvgIpc) is 3.20. The van der Waals surface area contributed by atoms with E-state index in [1.165, 1.54) is 18.1 Å². The van der Waals surface area contributed by atoms with Gasteiger partial charge < -0.3 is 34.7 Å². The van der Waals surface area contributed by atoms with Gasteiger partial charge >= 0.3 is 0 Å². The molecule has 2 aliphatic rings. The molecule has 3 N–H and O–H groups in total. The van der Waals surface area contributed by atoms with Crippen LogP contribution >= 0.6 is 0 Å². The van der Waals surface area contributed by atoms with E-state index in [-0.39, 0.29) is 30.6 Å². The van der Waals surface area contributed by atoms with Gasteiger partial charge in [0, 0.05) is 58.1 Å². The molecule has 1 saturated heterocycles. The Kier molecular flexibility index (Phi) is 13.7. The Balaban J connectivity index is 1.10. The SMILES string of the molecule is COc1cc2c(cc1OC)CN(C[C@H]1C[C@@H](c3ccc(CO)cc3)O[C@@H](c3ccc(-c4cccc(CNC(=O)CCCCCNC(C)=O)c4)cc3)O1)CC2. The molecule has 0 aliphatic carbocycles. The van der Waals surface area contributed by atoms with Crippen LogP contribution in [0.5, 0.6) is 11.5 Å². The zero-order chi connectivity index (χ0) is 37.9. The standard InChI is InChI=1S/C44H53N3O7/c1-30(49)45-20-6-4-5-10-43(50)46-26-32-8-7-9-36(22-32)33-15-17-35(18-16-33)44-53-39(25-40(54-44)34-13-11-31(29-48)12-14-34)28-47-21-19-37-23-41(51-2)42(52-3)24-38(37)27-47/h7-9,11-18,22-24,39-40,44,48H,4-6,10,19-21,25-29H2,1-3H3,(H,45,49)(H,46,50)/t39-,40+,44+/m1/s1. The highest BCUT2D eigenvalue weighted by molar-refractivity contribution is 5.76. The molecular weight excluding hydrogens is 682 g/mol. The van der Waals surface area contributed by atoms with E-state index in [1.54, 1.807) is 14.2 Å². The number of hydrogen-bond donors (Lipinski definition) is 3. The lowest BCUT2D eigenvalue weighted by Gasteiger charge is -2.39. The zero-order valence-corrected chi connectivity index (χ0v) is 31.6. The van der Waals surface area contributed by atoms with Crippen molar-refractivity contribution >= 4 is 11.8 Å². The second-order valence-corrected chi connectivity index (χ2v) is 14.2. The summed E-state index contributed by atoms with van der Waals surface area (Å²) in [6.07, 6.45) is 3.88. The number of rotatable bonds is 16. The molecule has 0 saturated carbocycles. The third-order valence-electron chi connectivity index (χ3n) is 10.3. The molecule has 0 radical (unpaired) electrons. The Bertz CT molecular complexity index is 1850. The first-order chi connectivity index (χ1) is 26.3. The number of methoxy groups -OCH3 is 2. The van der Waals surface area contributed by atoms with Gasteiger partial charge in [-0.1, -0.05) is 73.2 Å². The van der Waals surface area contributed by atoms with Gasteiger partial charge in [0.15, 0.2) is 17.8 Å². The van der Waals surface area contributed by atoms with Crippen molar-refractivity contribution in [1.82, 2.24) is 15.5 Å². The number of carbonyl (C=O) groups excluding carboxylic acids is 2. The molecule has 2 amide bonds. The quantitative estimate of drug-likeness (QED) is 0.108. The molecule has 4 aromatic rings. The minimum atomic E-state index is -0.548. The van der Waals surface area contributed by atoms with Crippen LogP contribution in [0.1, 0.15) is 84.8 Å². The summed E-state index contributed by atoms with van der Waals surface area (Å²) in [5.74, 6) is 1.51. The molecule has 2 heterocycles. The van der Waals surface area contributed by atoms with Gasteiger partial charge in [-0.3, -0.25) is 14.5 Å². The number of aliphatic hydroxyl groups is 1. The number of ether oxygens (including phenoxy) is 4. The number of nitrogens with zero attached hydrogens (tertiary/aromatic N) is 1. The van der Waals surface area contributed by atoms with Gasteiger partial charge in [-0.15, -0.1) is 0 Å². The van der Waals surface area contributed by atoms with Crippen LogP contribution in [0.25, 0.3) is 11.1 Å². The van der Waals surface area contributed by atoms with Crippen LogP contribution in [-0.4, -0.2) is 61.8 Å². The van der Waals surface area contributed by atoms with E-state index in [9.17, 15) is 14.7 Å². The molecular formula is C44H53N3O7. The fourth-order valence-corrected chi connectivity index (χ4v) is 7.25. The molecule has 54 heavy (non-hydrogen) atoms. The van der Waals surface area contributed by atoms with Crippen LogP contribution in [0.2, 0.25) is 0 Å². The Morgan fingerprint density at radius 2 is 1.56 bits per heavy atom. The molecule has 0 unspecified atom stereocenters. The van der Waals surface area contributed by atoms with E-state index in [4.69, 9.17) is 18.9 Å². The minimum Gasteiger partial charge on any atom is -0.493 e. The number of benzene rings is 4. The molecule has 6 rings (SSSR count). The van der Waals surface area contributed by atoms with Gasteiger partial charge in [0.1, 0.15) is 0 Å². The number of hydrogen-bond acceptors (Lipinski definition) is 8. The molecule has 2 aliphatic heterocycles. The van der Waals surface area contributed by atoms with Crippen LogP contribution in [0.15, 0.2) is 84.9 Å². The van der Waals surface area contributed by atoms with E-state index in [0.29, 0.717) is 25.9 Å². The molecule has 0 aromatic heterocycles. The molecule has 0 bridgehead atoms. The zero-order valence-electron chi connectivity index (χ0n) is 31.6. The van der Waals surface area contributed by atoms with Crippen molar-refractivity contribution in [2.45, 2.75) is 83.6 Å². The van der Waals surface area contributed by atoms with Crippen molar-refractivity contribution in [3.05, 3.63) is 118 Å². The van der Waals surface area contributed by atoms with Crippen molar-refractivity contribution in [2.24, 2.45) is 0 Å². The lowest BCUT2D eigenvalue weighted by atomic mass is 9.96. The first-order valence-electron chi connectivity index (χ1n) is 19.0. The summed E-state index contributed by atoms with van der Waals surface area (Å²) in [5, 5.41) is 15.4. The highest BCUT2D eigenvalue weighted by Crippen LogP contribution is 2.40. The lowest BCUT2D eigenvalue weighted by molar-refractivity contribution is -0.253. The van der Waals surface area contributed by atoms with E-state index < -0.39 is 6.29 Å². The van der Waals surface area contributed by atoms with Crippen LogP contribution in [0.4, 0.5) is 0 Å². The molecule has 0 spiro atoms. The van der Waals surface area contributed by atoms with Gasteiger partial charge in [0.05, 0.1) is 33.0 Å². The number of unbranched alkanes of at least 4 members (excludes halogenated alkanes) is 2. The molecule has 4 aromatic carbocycles. The monoisotopic (exact) mass is 735 g/mol. The molecule has 10 nitrogen and oxygen atoms in total. The first kappa shape index (κ1) is 39.0. The summed E-state index contributed by atoms with van der Waals surface area (Å²) in [6.45, 7) is 5.11. The van der Waals surface area contributed by atoms with Crippen molar-refractivity contribution < 1.29 is 33.6 Å². The normalized spacial score (nSPS) is 18.4. The third-order valence-corrected chi connectivity index (χ3v) is 10.3. The summed E-state index contributed by atoms with van der Waals surface area (Å²) in [4.78, 5) is 25.9. The maximum atomic E-state index is 12.4. The predicted molar refractivity (Wildman–Crippen MR) is 208 cm³/mol. The van der Waals surface area contributed by atoms with E-state index in [1.807, 2.05) is 36.4 Å². The summed E-state index contributed by atoms with van der Waals surface area (Å²) >= 11 is 0. The maximum Gasteiger partial charge on any atom is 0.220 e. The summed E-state index contributed by atoms with van der Waals surface area (Å²) < 4.78 is 24.5. The fourth-order valence-electron chi connectivity index (χ4n) is 7.25. The average molecular weight is 736 g/mol. The second-order valence-electron chi connectivity index (χ2n) is 14.2. The van der Waals surface area contributed by atoms with Gasteiger partial charge in [0.25, 0.3) is 0 Å². The minimum absolute atomic E-state index is 0.000185. The smallest absolute Gasteiger partial charge is 0.220 e. The van der Waals surface area contributed by atoms with E-state index in [2.05, 4.69) is 64.1 Å². The van der Waals surface area contributed by atoms with Crippen molar-refractivity contribution in [3.8, 4) is 22.6 Å². The first-order valence-corrected chi connectivity index (χ1v) is 19.0. The van der Waals surface area contributed by atoms with E-state index in [0.717, 1.165) is 90.2 Å². The number of aliphatic hydroxyl groups excluding tert-OH is 1. The van der Waals surface area contributed by atoms with Gasteiger partial charge in [-0.2, -0.15) is 0 Å². The number of carbonyl (C=O) groups is 2. The van der Waals surface area contributed by atoms with Crippen molar-refractivity contribution in [2.75, 3.05) is 33.9 Å². The second kappa shape index (κ2) is 19.0. The van der Waals surface area contributed by atoms with Crippen LogP contribution in [-0.2, 0) is 45.2 Å². The Hall–Kier alpha value is -4.74. The lowest BCUT2D eigenvalue weighted by Crippen LogP contribution is -2.41. The topological polar surface area (TPSA) is 119 Å². The summed E-state index contributed by atoms with van der Waals surface area (Å²) in [7, 11) is 3.34. The van der Waals surface area contributed by atoms with E-state index >= 15 is 0 Å². The highest BCUT2D eigenvalue weighted by atomic mass is 16.7. The Morgan fingerprint density at radius 3 is 2.28 bits per heavy atom. The number of nitrogens with one attached hydrogen (secondary N) is 2. The van der Waals surface area contributed by atoms with Gasteiger partial charge in [-0.25, -0.2) is 0 Å². The third kappa shape index (κ3) is 10.5. The maximum absolute atomic E-state index is 12.4. The predicted octanol–water partition coefficient (Wildman–Crippen LogP) is 6.78. The summed E-state index contributed by atoms with van der Waals surface area (Å²) in [5.41, 5.74) is 8.57. The van der Waals surface area contributed by atoms with Crippen LogP contribution < -0.4 is 20.1 Å². The number of amides is 2. The van der Waals surface area contributed by atoms with Gasteiger partial charge in [-0.05, 0) is 76.4 Å². The Morgan fingerprint density at radius 1 is 0.815 bits per heavy atom. The fraction of sp³-hybridized carbons (Fsp3) is 0.409. The van der Waals surface area contributed by atoms with Crippen LogP contribution in [0.3, 0.4) is 0 Å². The molecule has 1 fully saturated rings. The molecule has 10 heteroatoms. The van der Waals surface area contributed by atoms with Crippen molar-refractivity contribution in [1.29, 1.82) is 0 Å². The highest BCUT2D eigenvalue weighted by Gasteiger charge is 2.34. The Labute approximate surface area is 318 Å². The molecule has 286 valence electrons. The van der Waals surface area contributed by atoms with Crippen molar-refractivity contribution in [3.63, 3.8) is 0 Å². The number of fused-ring (bicyclic) bond motifs is 1.